The summed E-state index contributed by atoms with van der Waals surface area (Å²) >= 11 is 3.24. The maximum Gasteiger partial charge on any atom is 0.389 e. The van der Waals surface area contributed by atoms with E-state index in [0.29, 0.717) is 12.3 Å². The molecule has 0 bridgehead atoms. The van der Waals surface area contributed by atoms with Crippen LogP contribution in [0.1, 0.15) is 26.7 Å². The van der Waals surface area contributed by atoms with Gasteiger partial charge in [0.05, 0.1) is 0 Å². The van der Waals surface area contributed by atoms with Gasteiger partial charge in [0.25, 0.3) is 0 Å². The first-order chi connectivity index (χ1) is 5.35. The third-order valence-corrected chi connectivity index (χ3v) is 2.75. The molecule has 0 saturated heterocycles. The molecule has 0 amide bonds. The molecule has 2 unspecified atom stereocenters. The van der Waals surface area contributed by atoms with Gasteiger partial charge in [-0.2, -0.15) is 13.2 Å². The van der Waals surface area contributed by atoms with Gasteiger partial charge < -0.3 is 0 Å². The van der Waals surface area contributed by atoms with E-state index in [-0.39, 0.29) is 5.92 Å². The molecule has 0 radical (unpaired) electrons. The molecule has 0 rings (SSSR count). The van der Waals surface area contributed by atoms with E-state index in [1.54, 1.807) is 6.92 Å². The summed E-state index contributed by atoms with van der Waals surface area (Å²) in [7, 11) is 0. The molecule has 0 aromatic heterocycles. The van der Waals surface area contributed by atoms with Crippen LogP contribution >= 0.6 is 15.9 Å². The normalized spacial score (nSPS) is 17.5. The van der Waals surface area contributed by atoms with Crippen molar-refractivity contribution in [3.8, 4) is 0 Å². The lowest BCUT2D eigenvalue weighted by Gasteiger charge is -2.16. The lowest BCUT2D eigenvalue weighted by molar-refractivity contribution is -0.144. The van der Waals surface area contributed by atoms with Crippen LogP contribution in [0.5, 0.6) is 0 Å². The van der Waals surface area contributed by atoms with Gasteiger partial charge >= 0.3 is 6.18 Å². The van der Waals surface area contributed by atoms with Crippen molar-refractivity contribution in [2.75, 3.05) is 5.33 Å². The molecule has 0 saturated carbocycles. The molecule has 0 nitrogen and oxygen atoms in total. The zero-order chi connectivity index (χ0) is 9.78. The molecular formula is C8H14BrF3. The van der Waals surface area contributed by atoms with Crippen molar-refractivity contribution in [3.05, 3.63) is 0 Å². The van der Waals surface area contributed by atoms with Gasteiger partial charge in [-0.3, -0.25) is 0 Å². The fourth-order valence-corrected chi connectivity index (χ4v) is 1.49. The molecule has 0 fully saturated rings. The van der Waals surface area contributed by atoms with Crippen LogP contribution in [-0.4, -0.2) is 11.5 Å². The predicted octanol–water partition coefficient (Wildman–Crippen LogP) is 4.00. The van der Waals surface area contributed by atoms with Crippen molar-refractivity contribution in [1.29, 1.82) is 0 Å². The Bertz CT molecular complexity index is 122. The zero-order valence-corrected chi connectivity index (χ0v) is 8.87. The van der Waals surface area contributed by atoms with Crippen LogP contribution in [0.15, 0.2) is 0 Å². The van der Waals surface area contributed by atoms with E-state index in [1.165, 1.54) is 0 Å². The molecule has 0 aliphatic heterocycles. The second-order valence-electron chi connectivity index (χ2n) is 3.42. The molecule has 0 aromatic carbocycles. The second-order valence-corrected chi connectivity index (χ2v) is 4.07. The maximum absolute atomic E-state index is 11.8. The lowest BCUT2D eigenvalue weighted by atomic mass is 9.96. The summed E-state index contributed by atoms with van der Waals surface area (Å²) in [6, 6.07) is 0. The van der Waals surface area contributed by atoms with E-state index in [4.69, 9.17) is 0 Å². The molecule has 0 heterocycles. The quantitative estimate of drug-likeness (QED) is 0.659. The Labute approximate surface area is 79.7 Å². The monoisotopic (exact) mass is 246 g/mol. The standard InChI is InChI=1S/C8H14BrF3/c1-6(3-7(2)5-9)4-8(10,11)12/h6-7H,3-5H2,1-2H3. The minimum absolute atomic E-state index is 0.266. The molecule has 0 spiro atoms. The lowest BCUT2D eigenvalue weighted by Crippen LogP contribution is -2.15. The average Bonchev–Trinajstić information content (AvgIpc) is 1.82. The highest BCUT2D eigenvalue weighted by Gasteiger charge is 2.30. The first kappa shape index (κ1) is 12.3. The summed E-state index contributed by atoms with van der Waals surface area (Å²) in [6.45, 7) is 3.59. The van der Waals surface area contributed by atoms with Gasteiger partial charge in [-0.25, -0.2) is 0 Å². The Balaban J connectivity index is 3.66. The van der Waals surface area contributed by atoms with Crippen LogP contribution in [0.3, 0.4) is 0 Å². The smallest absolute Gasteiger partial charge is 0.171 e. The first-order valence-corrected chi connectivity index (χ1v) is 5.10. The van der Waals surface area contributed by atoms with Crippen LogP contribution in [0.4, 0.5) is 13.2 Å². The van der Waals surface area contributed by atoms with Crippen LogP contribution in [-0.2, 0) is 0 Å². The largest absolute Gasteiger partial charge is 0.389 e. The van der Waals surface area contributed by atoms with Gasteiger partial charge in [0, 0.05) is 11.8 Å². The Kier molecular flexibility index (Phi) is 5.21. The van der Waals surface area contributed by atoms with E-state index < -0.39 is 12.6 Å². The average molecular weight is 247 g/mol. The second kappa shape index (κ2) is 5.10. The van der Waals surface area contributed by atoms with Crippen LogP contribution in [0.25, 0.3) is 0 Å². The summed E-state index contributed by atoms with van der Waals surface area (Å²) in [5.74, 6) is 0.0555. The summed E-state index contributed by atoms with van der Waals surface area (Å²) < 4.78 is 35.5. The molecule has 12 heavy (non-hydrogen) atoms. The molecule has 4 heteroatoms. The van der Waals surface area contributed by atoms with Crippen LogP contribution < -0.4 is 0 Å². The van der Waals surface area contributed by atoms with Crippen molar-refractivity contribution in [3.63, 3.8) is 0 Å². The fraction of sp³-hybridized carbons (Fsp3) is 1.00. The van der Waals surface area contributed by atoms with Gasteiger partial charge in [0.1, 0.15) is 0 Å². The molecule has 2 atom stereocenters. The Hall–Kier alpha value is 0.270. The van der Waals surface area contributed by atoms with Gasteiger partial charge in [-0.1, -0.05) is 29.8 Å². The summed E-state index contributed by atoms with van der Waals surface area (Å²) in [5, 5.41) is 0.773. The molecule has 0 aromatic rings. The molecule has 0 N–H and O–H groups in total. The van der Waals surface area contributed by atoms with Crippen molar-refractivity contribution >= 4 is 15.9 Å². The minimum Gasteiger partial charge on any atom is -0.171 e. The molecule has 0 aliphatic carbocycles. The minimum atomic E-state index is -4.01. The summed E-state index contributed by atoms with van der Waals surface area (Å²) in [5.41, 5.74) is 0. The van der Waals surface area contributed by atoms with E-state index in [9.17, 15) is 13.2 Å². The summed E-state index contributed by atoms with van der Waals surface area (Å²) in [6.07, 6.45) is -4.04. The van der Waals surface area contributed by atoms with Crippen LogP contribution in [0, 0.1) is 11.8 Å². The highest BCUT2D eigenvalue weighted by Crippen LogP contribution is 2.28. The van der Waals surface area contributed by atoms with Crippen molar-refractivity contribution in [2.45, 2.75) is 32.9 Å². The number of alkyl halides is 4. The highest BCUT2D eigenvalue weighted by molar-refractivity contribution is 9.09. The fourth-order valence-electron chi connectivity index (χ4n) is 1.23. The van der Waals surface area contributed by atoms with E-state index in [1.807, 2.05) is 6.92 Å². The number of hydrogen-bond acceptors (Lipinski definition) is 0. The third kappa shape index (κ3) is 6.95. The van der Waals surface area contributed by atoms with Crippen molar-refractivity contribution in [2.24, 2.45) is 11.8 Å². The van der Waals surface area contributed by atoms with Gasteiger partial charge in [-0.15, -0.1) is 0 Å². The maximum atomic E-state index is 11.8. The first-order valence-electron chi connectivity index (χ1n) is 3.98. The van der Waals surface area contributed by atoms with Gasteiger partial charge in [-0.05, 0) is 18.3 Å². The Morgan fingerprint density at radius 2 is 1.67 bits per heavy atom. The van der Waals surface area contributed by atoms with E-state index >= 15 is 0 Å². The van der Waals surface area contributed by atoms with Crippen molar-refractivity contribution in [1.82, 2.24) is 0 Å². The SMILES string of the molecule is CC(CBr)CC(C)CC(F)(F)F. The number of hydrogen-bond donors (Lipinski definition) is 0. The molecule has 0 aliphatic rings. The Morgan fingerprint density at radius 1 is 1.17 bits per heavy atom. The highest BCUT2D eigenvalue weighted by atomic mass is 79.9. The summed E-state index contributed by atoms with van der Waals surface area (Å²) in [4.78, 5) is 0. The molecular weight excluding hydrogens is 233 g/mol. The van der Waals surface area contributed by atoms with Crippen molar-refractivity contribution < 1.29 is 13.2 Å². The third-order valence-electron chi connectivity index (χ3n) is 1.65. The number of halogens is 4. The van der Waals surface area contributed by atoms with E-state index in [2.05, 4.69) is 15.9 Å². The predicted molar refractivity (Wildman–Crippen MR) is 47.4 cm³/mol. The van der Waals surface area contributed by atoms with E-state index in [0.717, 1.165) is 5.33 Å². The topological polar surface area (TPSA) is 0 Å². The molecule has 74 valence electrons. The van der Waals surface area contributed by atoms with Gasteiger partial charge in [0.2, 0.25) is 0 Å². The Morgan fingerprint density at radius 3 is 2.00 bits per heavy atom. The zero-order valence-electron chi connectivity index (χ0n) is 7.29. The number of rotatable bonds is 4. The van der Waals surface area contributed by atoms with Gasteiger partial charge in [0.15, 0.2) is 0 Å². The van der Waals surface area contributed by atoms with Crippen LogP contribution in [0.2, 0.25) is 0 Å².